The van der Waals surface area contributed by atoms with Crippen LogP contribution in [0.5, 0.6) is 0 Å². The van der Waals surface area contributed by atoms with Crippen LogP contribution in [-0.4, -0.2) is 54.5 Å². The Morgan fingerprint density at radius 2 is 1.83 bits per heavy atom. The van der Waals surface area contributed by atoms with Crippen LogP contribution in [0.25, 0.3) is 0 Å². The predicted octanol–water partition coefficient (Wildman–Crippen LogP) is 2.84. The number of rotatable bonds is 3. The van der Waals surface area contributed by atoms with E-state index in [9.17, 15) is 9.59 Å². The van der Waals surface area contributed by atoms with Gasteiger partial charge in [-0.3, -0.25) is 9.59 Å². The van der Waals surface area contributed by atoms with Crippen molar-refractivity contribution in [3.05, 3.63) is 53.2 Å². The van der Waals surface area contributed by atoms with Crippen LogP contribution >= 0.6 is 0 Å². The third-order valence-electron chi connectivity index (χ3n) is 5.68. The first-order valence-electron chi connectivity index (χ1n) is 10.5. The van der Waals surface area contributed by atoms with Crippen LogP contribution in [0.15, 0.2) is 36.5 Å². The first-order chi connectivity index (χ1) is 14.5. The second-order valence-electron chi connectivity index (χ2n) is 8.01. The van der Waals surface area contributed by atoms with Crippen molar-refractivity contribution in [2.75, 3.05) is 43.1 Å². The van der Waals surface area contributed by atoms with Crippen molar-refractivity contribution in [1.29, 1.82) is 0 Å². The minimum Gasteiger partial charge on any atom is -0.378 e. The number of anilines is 2. The Bertz CT molecular complexity index is 920. The summed E-state index contributed by atoms with van der Waals surface area (Å²) in [6.07, 6.45) is 3.45. The number of morpholine rings is 1. The van der Waals surface area contributed by atoms with E-state index >= 15 is 0 Å². The van der Waals surface area contributed by atoms with E-state index in [-0.39, 0.29) is 6.04 Å². The van der Waals surface area contributed by atoms with Crippen molar-refractivity contribution < 1.29 is 14.3 Å². The highest BCUT2D eigenvalue weighted by molar-refractivity contribution is 6.39. The first-order valence-corrected chi connectivity index (χ1v) is 10.5. The number of benzene rings is 1. The van der Waals surface area contributed by atoms with E-state index in [0.717, 1.165) is 18.4 Å². The van der Waals surface area contributed by atoms with Gasteiger partial charge in [-0.05, 0) is 44.4 Å². The van der Waals surface area contributed by atoms with Crippen LogP contribution in [0.2, 0.25) is 0 Å². The Hall–Kier alpha value is -2.93. The molecular weight excluding hydrogens is 380 g/mol. The van der Waals surface area contributed by atoms with Gasteiger partial charge in [0.25, 0.3) is 0 Å². The van der Waals surface area contributed by atoms with E-state index in [4.69, 9.17) is 4.74 Å². The summed E-state index contributed by atoms with van der Waals surface area (Å²) in [6.45, 7) is 7.35. The van der Waals surface area contributed by atoms with Crippen molar-refractivity contribution >= 4 is 23.3 Å². The van der Waals surface area contributed by atoms with Gasteiger partial charge in [0.05, 0.1) is 24.9 Å². The van der Waals surface area contributed by atoms with Crippen molar-refractivity contribution in [3.8, 4) is 0 Å². The standard InChI is InChI=1S/C23H28N4O3/c1-16-13-17(2)15-18(14-16)20-6-4-8-27(20)23(29)22(28)25-19-5-3-7-24-21(19)26-9-11-30-12-10-26/h3,5,7,13-15,20H,4,6,8-12H2,1-2H3,(H,25,28). The lowest BCUT2D eigenvalue weighted by Crippen LogP contribution is -2.40. The maximum Gasteiger partial charge on any atom is 0.314 e. The van der Waals surface area contributed by atoms with Gasteiger partial charge in [-0.2, -0.15) is 0 Å². The lowest BCUT2D eigenvalue weighted by molar-refractivity contribution is -0.143. The fourth-order valence-corrected chi connectivity index (χ4v) is 4.39. The van der Waals surface area contributed by atoms with Crippen LogP contribution in [0.4, 0.5) is 11.5 Å². The number of amides is 2. The normalized spacial score (nSPS) is 19.1. The van der Waals surface area contributed by atoms with Crippen molar-refractivity contribution in [2.45, 2.75) is 32.7 Å². The highest BCUT2D eigenvalue weighted by Gasteiger charge is 2.34. The molecule has 2 fully saturated rings. The van der Waals surface area contributed by atoms with Crippen LogP contribution in [0.3, 0.4) is 0 Å². The molecule has 2 saturated heterocycles. The van der Waals surface area contributed by atoms with E-state index in [0.29, 0.717) is 44.4 Å². The van der Waals surface area contributed by atoms with Crippen molar-refractivity contribution in [1.82, 2.24) is 9.88 Å². The molecule has 30 heavy (non-hydrogen) atoms. The van der Waals surface area contributed by atoms with Crippen LogP contribution in [0, 0.1) is 13.8 Å². The molecule has 7 nitrogen and oxygen atoms in total. The summed E-state index contributed by atoms with van der Waals surface area (Å²) < 4.78 is 5.40. The highest BCUT2D eigenvalue weighted by Crippen LogP contribution is 2.33. The number of aromatic nitrogens is 1. The largest absolute Gasteiger partial charge is 0.378 e. The minimum atomic E-state index is -0.617. The molecule has 0 saturated carbocycles. The zero-order chi connectivity index (χ0) is 21.1. The zero-order valence-corrected chi connectivity index (χ0v) is 17.6. The predicted molar refractivity (Wildman–Crippen MR) is 116 cm³/mol. The molecule has 1 unspecified atom stereocenters. The van der Waals surface area contributed by atoms with Crippen molar-refractivity contribution in [2.24, 2.45) is 0 Å². The second kappa shape index (κ2) is 8.83. The van der Waals surface area contributed by atoms with Gasteiger partial charge in [0.15, 0.2) is 5.82 Å². The third-order valence-corrected chi connectivity index (χ3v) is 5.68. The fraction of sp³-hybridized carbons (Fsp3) is 0.435. The Kier molecular flexibility index (Phi) is 5.99. The number of hydrogen-bond donors (Lipinski definition) is 1. The molecule has 0 bridgehead atoms. The number of carbonyl (C=O) groups is 2. The van der Waals surface area contributed by atoms with E-state index in [1.165, 1.54) is 11.1 Å². The maximum atomic E-state index is 13.1. The summed E-state index contributed by atoms with van der Waals surface area (Å²) in [7, 11) is 0. The van der Waals surface area contributed by atoms with Gasteiger partial charge in [-0.25, -0.2) is 4.98 Å². The smallest absolute Gasteiger partial charge is 0.314 e. The molecular formula is C23H28N4O3. The molecule has 1 N–H and O–H groups in total. The van der Waals surface area contributed by atoms with Gasteiger partial charge in [-0.1, -0.05) is 29.3 Å². The van der Waals surface area contributed by atoms with Gasteiger partial charge >= 0.3 is 11.8 Å². The Morgan fingerprint density at radius 1 is 1.10 bits per heavy atom. The number of hydrogen-bond acceptors (Lipinski definition) is 5. The van der Waals surface area contributed by atoms with E-state index in [1.54, 1.807) is 23.2 Å². The summed E-state index contributed by atoms with van der Waals surface area (Å²) >= 11 is 0. The number of pyridine rings is 1. The molecule has 2 aromatic rings. The molecule has 2 aliphatic rings. The van der Waals surface area contributed by atoms with Crippen LogP contribution < -0.4 is 10.2 Å². The molecule has 1 atom stereocenters. The van der Waals surface area contributed by atoms with Crippen molar-refractivity contribution in [3.63, 3.8) is 0 Å². The average Bonchev–Trinajstić information content (AvgIpc) is 3.23. The van der Waals surface area contributed by atoms with Crippen LogP contribution in [-0.2, 0) is 14.3 Å². The molecule has 1 aromatic heterocycles. The molecule has 0 radical (unpaired) electrons. The summed E-state index contributed by atoms with van der Waals surface area (Å²) in [5.74, 6) is -0.434. The second-order valence-corrected chi connectivity index (χ2v) is 8.01. The summed E-state index contributed by atoms with van der Waals surface area (Å²) in [5.41, 5.74) is 3.99. The average molecular weight is 409 g/mol. The first kappa shape index (κ1) is 20.3. The molecule has 2 amide bonds. The number of aryl methyl sites for hydroxylation is 2. The van der Waals surface area contributed by atoms with E-state index < -0.39 is 11.8 Å². The minimum absolute atomic E-state index is 0.0607. The molecule has 0 aliphatic carbocycles. The maximum absolute atomic E-state index is 13.1. The number of ether oxygens (including phenoxy) is 1. The Balaban J connectivity index is 1.51. The van der Waals surface area contributed by atoms with E-state index in [2.05, 4.69) is 47.2 Å². The number of carbonyl (C=O) groups excluding carboxylic acids is 2. The van der Waals surface area contributed by atoms with Gasteiger partial charge in [0.2, 0.25) is 0 Å². The Morgan fingerprint density at radius 3 is 2.57 bits per heavy atom. The van der Waals surface area contributed by atoms with Gasteiger partial charge < -0.3 is 19.9 Å². The van der Waals surface area contributed by atoms with Gasteiger partial charge in [0, 0.05) is 25.8 Å². The molecule has 2 aliphatic heterocycles. The quantitative estimate of drug-likeness (QED) is 0.791. The third kappa shape index (κ3) is 4.31. The summed E-state index contributed by atoms with van der Waals surface area (Å²) in [5, 5.41) is 2.80. The van der Waals surface area contributed by atoms with Gasteiger partial charge in [0.1, 0.15) is 0 Å². The molecule has 1 aromatic carbocycles. The molecule has 158 valence electrons. The molecule has 3 heterocycles. The molecule has 7 heteroatoms. The number of nitrogens with one attached hydrogen (secondary N) is 1. The monoisotopic (exact) mass is 408 g/mol. The number of likely N-dealkylation sites (tertiary alicyclic amines) is 1. The van der Waals surface area contributed by atoms with E-state index in [1.807, 2.05) is 0 Å². The van der Waals surface area contributed by atoms with Gasteiger partial charge in [-0.15, -0.1) is 0 Å². The number of nitrogens with zero attached hydrogens (tertiary/aromatic N) is 3. The lowest BCUT2D eigenvalue weighted by atomic mass is 9.99. The molecule has 4 rings (SSSR count). The summed E-state index contributed by atoms with van der Waals surface area (Å²) in [6, 6.07) is 9.83. The SMILES string of the molecule is Cc1cc(C)cc(C2CCCN2C(=O)C(=O)Nc2cccnc2N2CCOCC2)c1. The topological polar surface area (TPSA) is 74.8 Å². The Labute approximate surface area is 177 Å². The zero-order valence-electron chi connectivity index (χ0n) is 17.6. The highest BCUT2D eigenvalue weighted by atomic mass is 16.5. The molecule has 0 spiro atoms. The fourth-order valence-electron chi connectivity index (χ4n) is 4.39. The summed E-state index contributed by atoms with van der Waals surface area (Å²) in [4.78, 5) is 34.1. The van der Waals surface area contributed by atoms with Crippen LogP contribution in [0.1, 0.15) is 35.6 Å². The lowest BCUT2D eigenvalue weighted by Gasteiger charge is -2.29.